The standard InChI is InChI=1S/C14H21NO/c1-11(10-15)13-3-2-4-14(9-13)12-5-7-16-8-6-12/h2-4,9,11-12H,5-8,10,15H2,1H3. The van der Waals surface area contributed by atoms with Gasteiger partial charge >= 0.3 is 0 Å². The molecule has 0 bridgehead atoms. The number of ether oxygens (including phenoxy) is 1. The summed E-state index contributed by atoms with van der Waals surface area (Å²) in [4.78, 5) is 0. The molecule has 1 aliphatic heterocycles. The van der Waals surface area contributed by atoms with Gasteiger partial charge in [-0.05, 0) is 42.3 Å². The molecule has 2 rings (SSSR count). The lowest BCUT2D eigenvalue weighted by molar-refractivity contribution is 0.0853. The molecule has 1 fully saturated rings. The second kappa shape index (κ2) is 5.46. The number of hydrogen-bond donors (Lipinski definition) is 1. The van der Waals surface area contributed by atoms with Gasteiger partial charge in [-0.25, -0.2) is 0 Å². The molecule has 0 radical (unpaired) electrons. The van der Waals surface area contributed by atoms with Crippen molar-refractivity contribution in [2.75, 3.05) is 19.8 Å². The van der Waals surface area contributed by atoms with E-state index in [0.717, 1.165) is 32.6 Å². The van der Waals surface area contributed by atoms with Crippen LogP contribution in [0.1, 0.15) is 42.7 Å². The average Bonchev–Trinajstić information content (AvgIpc) is 2.39. The van der Waals surface area contributed by atoms with Crippen molar-refractivity contribution >= 4 is 0 Å². The van der Waals surface area contributed by atoms with Crippen LogP contribution in [-0.4, -0.2) is 19.8 Å². The van der Waals surface area contributed by atoms with Crippen LogP contribution in [-0.2, 0) is 4.74 Å². The maximum atomic E-state index is 5.71. The lowest BCUT2D eigenvalue weighted by Crippen LogP contribution is -2.15. The molecule has 0 aromatic heterocycles. The predicted molar refractivity (Wildman–Crippen MR) is 66.7 cm³/mol. The van der Waals surface area contributed by atoms with Crippen LogP contribution in [0.4, 0.5) is 0 Å². The molecule has 2 heteroatoms. The Morgan fingerprint density at radius 1 is 1.38 bits per heavy atom. The molecular weight excluding hydrogens is 198 g/mol. The van der Waals surface area contributed by atoms with Crippen LogP contribution in [0.2, 0.25) is 0 Å². The van der Waals surface area contributed by atoms with Crippen LogP contribution >= 0.6 is 0 Å². The first kappa shape index (κ1) is 11.6. The zero-order chi connectivity index (χ0) is 11.4. The third kappa shape index (κ3) is 2.63. The lowest BCUT2D eigenvalue weighted by atomic mass is 9.89. The Bertz CT molecular complexity index is 331. The first-order valence-corrected chi connectivity index (χ1v) is 6.19. The molecule has 0 aliphatic carbocycles. The van der Waals surface area contributed by atoms with Crippen molar-refractivity contribution in [1.82, 2.24) is 0 Å². The number of benzene rings is 1. The topological polar surface area (TPSA) is 35.2 Å². The average molecular weight is 219 g/mol. The minimum Gasteiger partial charge on any atom is -0.381 e. The van der Waals surface area contributed by atoms with Gasteiger partial charge in [-0.1, -0.05) is 31.2 Å². The van der Waals surface area contributed by atoms with Crippen LogP contribution in [0, 0.1) is 0 Å². The Kier molecular flexibility index (Phi) is 3.97. The minimum atomic E-state index is 0.458. The highest BCUT2D eigenvalue weighted by Crippen LogP contribution is 2.28. The Morgan fingerprint density at radius 2 is 2.12 bits per heavy atom. The van der Waals surface area contributed by atoms with Crippen molar-refractivity contribution in [3.63, 3.8) is 0 Å². The number of rotatable bonds is 3. The van der Waals surface area contributed by atoms with Gasteiger partial charge in [0.1, 0.15) is 0 Å². The molecule has 1 aromatic carbocycles. The summed E-state index contributed by atoms with van der Waals surface area (Å²) in [6.45, 7) is 4.71. The van der Waals surface area contributed by atoms with Gasteiger partial charge in [-0.15, -0.1) is 0 Å². The van der Waals surface area contributed by atoms with Crippen LogP contribution < -0.4 is 5.73 Å². The van der Waals surface area contributed by atoms with Crippen molar-refractivity contribution in [1.29, 1.82) is 0 Å². The lowest BCUT2D eigenvalue weighted by Gasteiger charge is -2.23. The molecule has 1 heterocycles. The number of hydrogen-bond acceptors (Lipinski definition) is 2. The fraction of sp³-hybridized carbons (Fsp3) is 0.571. The molecular formula is C14H21NO. The van der Waals surface area contributed by atoms with Gasteiger partial charge in [0.15, 0.2) is 0 Å². The fourth-order valence-corrected chi connectivity index (χ4v) is 2.29. The molecule has 1 unspecified atom stereocenters. The van der Waals surface area contributed by atoms with Gasteiger partial charge in [0, 0.05) is 13.2 Å². The summed E-state index contributed by atoms with van der Waals surface area (Å²) in [5.41, 5.74) is 8.54. The molecule has 2 N–H and O–H groups in total. The highest BCUT2D eigenvalue weighted by molar-refractivity contribution is 5.29. The molecule has 0 spiro atoms. The largest absolute Gasteiger partial charge is 0.381 e. The van der Waals surface area contributed by atoms with E-state index in [1.165, 1.54) is 11.1 Å². The normalized spacial score (nSPS) is 19.6. The van der Waals surface area contributed by atoms with Crippen LogP contribution in [0.15, 0.2) is 24.3 Å². The SMILES string of the molecule is CC(CN)c1cccc(C2CCOCC2)c1. The summed E-state index contributed by atoms with van der Waals surface area (Å²) in [5, 5.41) is 0. The van der Waals surface area contributed by atoms with Crippen LogP contribution in [0.25, 0.3) is 0 Å². The molecule has 0 saturated carbocycles. The van der Waals surface area contributed by atoms with E-state index in [0.29, 0.717) is 11.8 Å². The second-order valence-electron chi connectivity index (χ2n) is 4.69. The van der Waals surface area contributed by atoms with Crippen LogP contribution in [0.5, 0.6) is 0 Å². The smallest absolute Gasteiger partial charge is 0.0471 e. The fourth-order valence-electron chi connectivity index (χ4n) is 2.29. The zero-order valence-corrected chi connectivity index (χ0v) is 9.99. The van der Waals surface area contributed by atoms with E-state index < -0.39 is 0 Å². The summed E-state index contributed by atoms with van der Waals surface area (Å²) >= 11 is 0. The quantitative estimate of drug-likeness (QED) is 0.848. The van der Waals surface area contributed by atoms with Crippen LogP contribution in [0.3, 0.4) is 0 Å². The van der Waals surface area contributed by atoms with E-state index in [4.69, 9.17) is 10.5 Å². The number of nitrogens with two attached hydrogens (primary N) is 1. The van der Waals surface area contributed by atoms with E-state index in [-0.39, 0.29) is 0 Å². The first-order chi connectivity index (χ1) is 7.81. The van der Waals surface area contributed by atoms with Crippen molar-refractivity contribution in [3.8, 4) is 0 Å². The van der Waals surface area contributed by atoms with E-state index in [9.17, 15) is 0 Å². The Labute approximate surface area is 97.8 Å². The molecule has 1 atom stereocenters. The van der Waals surface area contributed by atoms with Gasteiger partial charge in [-0.2, -0.15) is 0 Å². The van der Waals surface area contributed by atoms with E-state index in [1.54, 1.807) is 0 Å². The summed E-state index contributed by atoms with van der Waals surface area (Å²) < 4.78 is 5.40. The van der Waals surface area contributed by atoms with Crippen molar-refractivity contribution < 1.29 is 4.74 Å². The Hall–Kier alpha value is -0.860. The van der Waals surface area contributed by atoms with Gasteiger partial charge in [-0.3, -0.25) is 0 Å². The van der Waals surface area contributed by atoms with E-state index >= 15 is 0 Å². The predicted octanol–water partition coefficient (Wildman–Crippen LogP) is 2.64. The summed E-state index contributed by atoms with van der Waals surface area (Å²) in [6.07, 6.45) is 2.31. The Morgan fingerprint density at radius 3 is 2.81 bits per heavy atom. The highest BCUT2D eigenvalue weighted by atomic mass is 16.5. The summed E-state index contributed by atoms with van der Waals surface area (Å²) in [7, 11) is 0. The molecule has 2 nitrogen and oxygen atoms in total. The summed E-state index contributed by atoms with van der Waals surface area (Å²) in [5.74, 6) is 1.14. The van der Waals surface area contributed by atoms with Gasteiger partial charge in [0.2, 0.25) is 0 Å². The van der Waals surface area contributed by atoms with Crippen molar-refractivity contribution in [3.05, 3.63) is 35.4 Å². The minimum absolute atomic E-state index is 0.458. The molecule has 16 heavy (non-hydrogen) atoms. The molecule has 1 saturated heterocycles. The van der Waals surface area contributed by atoms with E-state index in [2.05, 4.69) is 31.2 Å². The van der Waals surface area contributed by atoms with Crippen molar-refractivity contribution in [2.45, 2.75) is 31.6 Å². The zero-order valence-electron chi connectivity index (χ0n) is 9.99. The van der Waals surface area contributed by atoms with Gasteiger partial charge < -0.3 is 10.5 Å². The third-order valence-corrected chi connectivity index (χ3v) is 3.53. The van der Waals surface area contributed by atoms with E-state index in [1.807, 2.05) is 0 Å². The summed E-state index contributed by atoms with van der Waals surface area (Å²) in [6, 6.07) is 8.91. The highest BCUT2D eigenvalue weighted by Gasteiger charge is 2.16. The maximum absolute atomic E-state index is 5.71. The molecule has 88 valence electrons. The van der Waals surface area contributed by atoms with Gasteiger partial charge in [0.05, 0.1) is 0 Å². The van der Waals surface area contributed by atoms with Gasteiger partial charge in [0.25, 0.3) is 0 Å². The van der Waals surface area contributed by atoms with Crippen molar-refractivity contribution in [2.24, 2.45) is 5.73 Å². The Balaban J connectivity index is 2.14. The molecule has 1 aliphatic rings. The monoisotopic (exact) mass is 219 g/mol. The first-order valence-electron chi connectivity index (χ1n) is 6.19. The third-order valence-electron chi connectivity index (χ3n) is 3.53. The second-order valence-corrected chi connectivity index (χ2v) is 4.69. The molecule has 1 aromatic rings. The maximum Gasteiger partial charge on any atom is 0.0471 e. The molecule has 0 amide bonds.